The lowest BCUT2D eigenvalue weighted by Gasteiger charge is -1.99. The Labute approximate surface area is 90.0 Å². The van der Waals surface area contributed by atoms with Gasteiger partial charge >= 0.3 is 0 Å². The molecule has 0 saturated heterocycles. The smallest absolute Gasteiger partial charge is 0.159 e. The van der Waals surface area contributed by atoms with Gasteiger partial charge in [-0.3, -0.25) is 4.79 Å². The van der Waals surface area contributed by atoms with E-state index in [0.29, 0.717) is 0 Å². The number of aryl methyl sites for hydroxylation is 1. The van der Waals surface area contributed by atoms with Crippen molar-refractivity contribution in [1.29, 1.82) is 0 Å². The van der Waals surface area contributed by atoms with Gasteiger partial charge in [-0.2, -0.15) is 0 Å². The van der Waals surface area contributed by atoms with Crippen LogP contribution < -0.4 is 0 Å². The van der Waals surface area contributed by atoms with Gasteiger partial charge in [0, 0.05) is 10.0 Å². The second-order valence-electron chi connectivity index (χ2n) is 2.60. The van der Waals surface area contributed by atoms with Gasteiger partial charge in [-0.05, 0) is 31.5 Å². The van der Waals surface area contributed by atoms with E-state index in [-0.39, 0.29) is 5.78 Å². The number of hydrogen-bond acceptors (Lipinski definition) is 3. The highest BCUT2D eigenvalue weighted by Gasteiger charge is 2.00. The Kier molecular flexibility index (Phi) is 5.71. The molecular formula is C9H10BrNO3. The van der Waals surface area contributed by atoms with Gasteiger partial charge in [0.2, 0.25) is 0 Å². The van der Waals surface area contributed by atoms with Crippen LogP contribution in [0.5, 0.6) is 0 Å². The molecule has 0 saturated carbocycles. The molecule has 14 heavy (non-hydrogen) atoms. The van der Waals surface area contributed by atoms with Gasteiger partial charge in [0.05, 0.1) is 0 Å². The predicted molar refractivity (Wildman–Crippen MR) is 56.5 cm³/mol. The summed E-state index contributed by atoms with van der Waals surface area (Å²) in [6.45, 7) is 3.54. The lowest BCUT2D eigenvalue weighted by molar-refractivity contribution is 0.101. The van der Waals surface area contributed by atoms with E-state index in [4.69, 9.17) is 10.1 Å². The van der Waals surface area contributed by atoms with E-state index in [2.05, 4.69) is 15.9 Å². The molecule has 1 rings (SSSR count). The van der Waals surface area contributed by atoms with Gasteiger partial charge in [0.1, 0.15) is 0 Å². The summed E-state index contributed by atoms with van der Waals surface area (Å²) in [4.78, 5) is 19.0. The number of rotatable bonds is 1. The third kappa shape index (κ3) is 4.13. The van der Waals surface area contributed by atoms with E-state index >= 15 is 0 Å². The molecule has 0 fully saturated rings. The molecule has 0 unspecified atom stereocenters. The summed E-state index contributed by atoms with van der Waals surface area (Å²) >= 11 is 3.37. The van der Waals surface area contributed by atoms with Gasteiger partial charge in [-0.1, -0.05) is 22.0 Å². The highest BCUT2D eigenvalue weighted by Crippen LogP contribution is 2.16. The molecule has 1 aromatic rings. The fraction of sp³-hybridized carbons (Fsp3) is 0.222. The fourth-order valence-corrected chi connectivity index (χ4v) is 1.11. The lowest BCUT2D eigenvalue weighted by Crippen LogP contribution is -1.91. The maximum Gasteiger partial charge on any atom is 0.159 e. The molecule has 0 aliphatic heterocycles. The van der Waals surface area contributed by atoms with Crippen LogP contribution in [-0.4, -0.2) is 11.0 Å². The Morgan fingerprint density at radius 1 is 1.50 bits per heavy atom. The van der Waals surface area contributed by atoms with Crippen LogP contribution in [0, 0.1) is 11.8 Å². The van der Waals surface area contributed by atoms with Gasteiger partial charge in [-0.25, -0.2) is 0 Å². The molecule has 1 aromatic carbocycles. The van der Waals surface area contributed by atoms with Crippen molar-refractivity contribution < 1.29 is 10.0 Å². The number of nitrogens with zero attached hydrogens (tertiary/aromatic N) is 1. The monoisotopic (exact) mass is 259 g/mol. The van der Waals surface area contributed by atoms with Crippen molar-refractivity contribution in [3.8, 4) is 0 Å². The first-order valence-electron chi connectivity index (χ1n) is 3.76. The largest absolute Gasteiger partial charge is 0.379 e. The average molecular weight is 260 g/mol. The van der Waals surface area contributed by atoms with Crippen LogP contribution >= 0.6 is 15.9 Å². The van der Waals surface area contributed by atoms with Crippen LogP contribution in [0.2, 0.25) is 0 Å². The quantitative estimate of drug-likeness (QED) is 0.479. The van der Waals surface area contributed by atoms with E-state index in [0.717, 1.165) is 15.6 Å². The summed E-state index contributed by atoms with van der Waals surface area (Å²) in [5.41, 5.74) is 1.86. The molecule has 5 heteroatoms. The molecular weight excluding hydrogens is 250 g/mol. The molecule has 1 N–H and O–H groups in total. The van der Waals surface area contributed by atoms with Crippen molar-refractivity contribution in [1.82, 2.24) is 0 Å². The second-order valence-corrected chi connectivity index (χ2v) is 3.46. The summed E-state index contributed by atoms with van der Waals surface area (Å²) in [5.74, 6) is 0.112. The minimum atomic E-state index is 0.112. The van der Waals surface area contributed by atoms with E-state index in [1.54, 1.807) is 6.92 Å². The molecule has 0 radical (unpaired) electrons. The maximum atomic E-state index is 10.9. The van der Waals surface area contributed by atoms with Gasteiger partial charge in [0.15, 0.2) is 11.1 Å². The normalized spacial score (nSPS) is 8.50. The Hall–Kier alpha value is -1.23. The topological polar surface area (TPSA) is 66.7 Å². The highest BCUT2D eigenvalue weighted by molar-refractivity contribution is 9.10. The summed E-state index contributed by atoms with van der Waals surface area (Å²) < 4.78 is 1.04. The molecule has 0 aliphatic carbocycles. The summed E-state index contributed by atoms with van der Waals surface area (Å²) in [6, 6.07) is 5.60. The van der Waals surface area contributed by atoms with Crippen LogP contribution in [0.4, 0.5) is 0 Å². The Bertz CT molecular complexity index is 339. The third-order valence-corrected chi connectivity index (χ3v) is 2.45. The minimum absolute atomic E-state index is 0.112. The molecule has 0 aliphatic rings. The highest BCUT2D eigenvalue weighted by atomic mass is 79.9. The first-order chi connectivity index (χ1) is 6.52. The molecule has 0 amide bonds. The first-order valence-corrected chi connectivity index (χ1v) is 4.56. The van der Waals surface area contributed by atoms with Crippen LogP contribution in [0.25, 0.3) is 0 Å². The Balaban J connectivity index is 0.000000500. The maximum absolute atomic E-state index is 10.9. The summed E-state index contributed by atoms with van der Waals surface area (Å²) in [5, 5.41) is 7.89. The zero-order chi connectivity index (χ0) is 11.1. The van der Waals surface area contributed by atoms with Crippen molar-refractivity contribution in [2.45, 2.75) is 13.8 Å². The third-order valence-electron chi connectivity index (χ3n) is 1.56. The molecule has 0 heterocycles. The summed E-state index contributed by atoms with van der Waals surface area (Å²) in [6.07, 6.45) is 0. The molecule has 0 atom stereocenters. The van der Waals surface area contributed by atoms with Crippen molar-refractivity contribution in [3.63, 3.8) is 0 Å². The van der Waals surface area contributed by atoms with Crippen molar-refractivity contribution in [3.05, 3.63) is 38.7 Å². The molecule has 0 bridgehead atoms. The van der Waals surface area contributed by atoms with Crippen LogP contribution in [-0.2, 0) is 0 Å². The van der Waals surface area contributed by atoms with E-state index < -0.39 is 0 Å². The number of carbonyl (C=O) groups excluding carboxylic acids is 1. The van der Waals surface area contributed by atoms with Crippen molar-refractivity contribution in [2.24, 2.45) is 5.34 Å². The summed E-state index contributed by atoms with van der Waals surface area (Å²) in [7, 11) is 0. The van der Waals surface area contributed by atoms with Gasteiger partial charge in [0.25, 0.3) is 0 Å². The van der Waals surface area contributed by atoms with Crippen molar-refractivity contribution in [2.75, 3.05) is 0 Å². The standard InChI is InChI=1S/C9H9BrO.HNO2/c1-6-5-8(7(2)11)3-4-9(6)10;2-1-3/h3-5H,1-2H3;(H,2,3). The Morgan fingerprint density at radius 2 is 2.00 bits per heavy atom. The van der Waals surface area contributed by atoms with E-state index in [1.165, 1.54) is 5.34 Å². The fourth-order valence-electron chi connectivity index (χ4n) is 0.864. The zero-order valence-electron chi connectivity index (χ0n) is 7.82. The number of ketones is 1. The lowest BCUT2D eigenvalue weighted by atomic mass is 10.1. The second kappa shape index (κ2) is 6.26. The molecule has 0 spiro atoms. The molecule has 0 aromatic heterocycles. The number of benzene rings is 1. The zero-order valence-corrected chi connectivity index (χ0v) is 9.41. The van der Waals surface area contributed by atoms with Crippen LogP contribution in [0.1, 0.15) is 22.8 Å². The SMILES string of the molecule is CC(=O)c1ccc(Br)c(C)c1.O=NO. The Morgan fingerprint density at radius 3 is 2.36 bits per heavy atom. The van der Waals surface area contributed by atoms with Gasteiger partial charge in [-0.15, -0.1) is 4.91 Å². The first kappa shape index (κ1) is 12.8. The number of hydrogen-bond donors (Lipinski definition) is 1. The predicted octanol–water partition coefficient (Wildman–Crippen LogP) is 3.10. The number of halogens is 1. The van der Waals surface area contributed by atoms with Gasteiger partial charge < -0.3 is 5.21 Å². The minimum Gasteiger partial charge on any atom is -0.379 e. The molecule has 76 valence electrons. The molecule has 4 nitrogen and oxygen atoms in total. The van der Waals surface area contributed by atoms with Crippen LogP contribution in [0.3, 0.4) is 0 Å². The van der Waals surface area contributed by atoms with E-state index in [1.807, 2.05) is 25.1 Å². The average Bonchev–Trinajstić information content (AvgIpc) is 2.10. The van der Waals surface area contributed by atoms with Crippen molar-refractivity contribution >= 4 is 21.7 Å². The number of Topliss-reactive ketones (excluding diaryl/α,β-unsaturated/α-hetero) is 1. The number of carbonyl (C=O) groups is 1. The van der Waals surface area contributed by atoms with Crippen LogP contribution in [0.15, 0.2) is 28.0 Å². The van der Waals surface area contributed by atoms with E-state index in [9.17, 15) is 4.79 Å².